The summed E-state index contributed by atoms with van der Waals surface area (Å²) in [5.74, 6) is -0.391. The lowest BCUT2D eigenvalue weighted by atomic mass is 10.0. The van der Waals surface area contributed by atoms with Gasteiger partial charge in [0.05, 0.1) is 12.2 Å². The van der Waals surface area contributed by atoms with Crippen LogP contribution < -0.4 is 5.73 Å². The zero-order valence-electron chi connectivity index (χ0n) is 9.98. The number of ether oxygens (including phenoxy) is 1. The predicted molar refractivity (Wildman–Crippen MR) is 69.0 cm³/mol. The van der Waals surface area contributed by atoms with Crippen molar-refractivity contribution < 1.29 is 9.53 Å². The Kier molecular flexibility index (Phi) is 5.01. The second kappa shape index (κ2) is 6.53. The van der Waals surface area contributed by atoms with Crippen LogP contribution >= 0.6 is 0 Å². The number of allylic oxidation sites excluding steroid dienone is 1. The van der Waals surface area contributed by atoms with Crippen LogP contribution in [0.4, 0.5) is 0 Å². The smallest absolute Gasteiger partial charge is 0.340 e. The lowest BCUT2D eigenvalue weighted by Gasteiger charge is -2.10. The van der Waals surface area contributed by atoms with Crippen molar-refractivity contribution >= 4 is 11.5 Å². The molecular weight excluding hydrogens is 214 g/mol. The van der Waals surface area contributed by atoms with Crippen molar-refractivity contribution in [1.29, 1.82) is 0 Å². The zero-order chi connectivity index (χ0) is 12.7. The molecule has 0 aliphatic carbocycles. The van der Waals surface area contributed by atoms with E-state index in [0.717, 1.165) is 5.56 Å². The highest BCUT2D eigenvalue weighted by Gasteiger charge is 2.16. The van der Waals surface area contributed by atoms with Gasteiger partial charge in [-0.05, 0) is 12.5 Å². The summed E-state index contributed by atoms with van der Waals surface area (Å²) in [5.41, 5.74) is 7.57. The normalized spacial score (nSPS) is 11.6. The van der Waals surface area contributed by atoms with Crippen molar-refractivity contribution in [3.05, 3.63) is 54.2 Å². The van der Waals surface area contributed by atoms with Crippen LogP contribution in [-0.4, -0.2) is 12.6 Å². The number of esters is 1. The summed E-state index contributed by atoms with van der Waals surface area (Å²) in [5, 5.41) is 0. The van der Waals surface area contributed by atoms with Crippen LogP contribution in [0.15, 0.2) is 48.7 Å². The molecule has 0 aliphatic rings. The number of carbonyl (C=O) groups excluding carboxylic acids is 1. The summed E-state index contributed by atoms with van der Waals surface area (Å²) in [6.45, 7) is 5.71. The highest BCUT2D eigenvalue weighted by Crippen LogP contribution is 2.19. The number of nitrogens with two attached hydrogens (primary N) is 1. The fourth-order valence-corrected chi connectivity index (χ4v) is 1.50. The van der Waals surface area contributed by atoms with E-state index in [-0.39, 0.29) is 0 Å². The van der Waals surface area contributed by atoms with E-state index in [2.05, 4.69) is 6.58 Å². The Morgan fingerprint density at radius 2 is 2.06 bits per heavy atom. The minimum absolute atomic E-state index is 0.330. The molecule has 2 N–H and O–H groups in total. The summed E-state index contributed by atoms with van der Waals surface area (Å²) in [7, 11) is 0. The van der Waals surface area contributed by atoms with E-state index >= 15 is 0 Å². The number of hydrogen-bond donors (Lipinski definition) is 1. The van der Waals surface area contributed by atoms with Gasteiger partial charge in [-0.15, -0.1) is 6.58 Å². The molecule has 0 bridgehead atoms. The molecule has 0 saturated heterocycles. The fraction of sp³-hybridized carbons (Fsp3) is 0.214. The molecular formula is C14H17NO2. The van der Waals surface area contributed by atoms with E-state index in [1.54, 1.807) is 13.0 Å². The third-order valence-corrected chi connectivity index (χ3v) is 2.23. The molecule has 90 valence electrons. The first-order valence-electron chi connectivity index (χ1n) is 5.52. The molecule has 1 aromatic rings. The van der Waals surface area contributed by atoms with Crippen molar-refractivity contribution in [2.75, 3.05) is 6.61 Å². The maximum absolute atomic E-state index is 11.9. The summed E-state index contributed by atoms with van der Waals surface area (Å²) in [6, 6.07) is 9.27. The van der Waals surface area contributed by atoms with Crippen LogP contribution in [-0.2, 0) is 9.53 Å². The molecule has 1 rings (SSSR count). The third kappa shape index (κ3) is 3.48. The van der Waals surface area contributed by atoms with Crippen LogP contribution in [0.1, 0.15) is 18.9 Å². The second-order valence-corrected chi connectivity index (χ2v) is 3.48. The first-order chi connectivity index (χ1) is 8.20. The predicted octanol–water partition coefficient (Wildman–Crippen LogP) is 2.50. The van der Waals surface area contributed by atoms with Gasteiger partial charge in [0.25, 0.3) is 0 Å². The summed E-state index contributed by atoms with van der Waals surface area (Å²) >= 11 is 0. The number of benzene rings is 1. The van der Waals surface area contributed by atoms with Crippen LogP contribution in [0, 0.1) is 0 Å². The highest BCUT2D eigenvalue weighted by molar-refractivity contribution is 6.17. The quantitative estimate of drug-likeness (QED) is 0.481. The Hall–Kier alpha value is -2.03. The molecule has 0 fully saturated rings. The second-order valence-electron chi connectivity index (χ2n) is 3.48. The van der Waals surface area contributed by atoms with Crippen molar-refractivity contribution in [3.8, 4) is 0 Å². The fourth-order valence-electron chi connectivity index (χ4n) is 1.50. The Labute approximate surface area is 102 Å². The van der Waals surface area contributed by atoms with Gasteiger partial charge in [0, 0.05) is 12.1 Å². The first-order valence-corrected chi connectivity index (χ1v) is 5.52. The average molecular weight is 231 g/mol. The van der Waals surface area contributed by atoms with Crippen LogP contribution in [0.2, 0.25) is 0 Å². The summed E-state index contributed by atoms with van der Waals surface area (Å²) < 4.78 is 5.01. The van der Waals surface area contributed by atoms with Gasteiger partial charge in [-0.3, -0.25) is 0 Å². The standard InChI is InChI=1S/C14H17NO2/c1-3-8-12(15)13(14(16)17-4-2)11-9-6-5-7-10-11/h3,5-7,9-10H,1,4,8,15H2,2H3/b13-12-. The molecule has 0 heterocycles. The van der Waals surface area contributed by atoms with Gasteiger partial charge in [-0.2, -0.15) is 0 Å². The monoisotopic (exact) mass is 231 g/mol. The van der Waals surface area contributed by atoms with E-state index in [1.165, 1.54) is 0 Å². The van der Waals surface area contributed by atoms with Gasteiger partial charge in [0.2, 0.25) is 0 Å². The van der Waals surface area contributed by atoms with Crippen molar-refractivity contribution in [1.82, 2.24) is 0 Å². The van der Waals surface area contributed by atoms with Crippen molar-refractivity contribution in [2.45, 2.75) is 13.3 Å². The molecule has 17 heavy (non-hydrogen) atoms. The lowest BCUT2D eigenvalue weighted by molar-refractivity contribution is -0.136. The highest BCUT2D eigenvalue weighted by atomic mass is 16.5. The largest absolute Gasteiger partial charge is 0.462 e. The SMILES string of the molecule is C=CC/C(N)=C(/C(=O)OCC)c1ccccc1. The first kappa shape index (κ1) is 13.0. The van der Waals surface area contributed by atoms with Gasteiger partial charge < -0.3 is 10.5 Å². The van der Waals surface area contributed by atoms with Gasteiger partial charge in [-0.25, -0.2) is 4.79 Å². The molecule has 0 aromatic heterocycles. The van der Waals surface area contributed by atoms with Crippen LogP contribution in [0.5, 0.6) is 0 Å². The van der Waals surface area contributed by atoms with E-state index in [4.69, 9.17) is 10.5 Å². The number of carbonyl (C=O) groups is 1. The Bertz CT molecular complexity index is 421. The Morgan fingerprint density at radius 3 is 2.59 bits per heavy atom. The van der Waals surface area contributed by atoms with Crippen LogP contribution in [0.25, 0.3) is 5.57 Å². The van der Waals surface area contributed by atoms with Crippen LogP contribution in [0.3, 0.4) is 0 Å². The number of rotatable bonds is 5. The summed E-state index contributed by atoms with van der Waals surface area (Å²) in [4.78, 5) is 11.9. The van der Waals surface area contributed by atoms with Gasteiger partial charge >= 0.3 is 5.97 Å². The number of hydrogen-bond acceptors (Lipinski definition) is 3. The van der Waals surface area contributed by atoms with E-state index < -0.39 is 5.97 Å². The third-order valence-electron chi connectivity index (χ3n) is 2.23. The zero-order valence-corrected chi connectivity index (χ0v) is 9.98. The van der Waals surface area contributed by atoms with Crippen molar-refractivity contribution in [3.63, 3.8) is 0 Å². The molecule has 3 nitrogen and oxygen atoms in total. The minimum Gasteiger partial charge on any atom is -0.462 e. The van der Waals surface area contributed by atoms with E-state index in [0.29, 0.717) is 24.3 Å². The molecule has 0 saturated carbocycles. The molecule has 0 atom stereocenters. The molecule has 0 radical (unpaired) electrons. The Balaban J connectivity index is 3.16. The van der Waals surface area contributed by atoms with Gasteiger partial charge in [0.1, 0.15) is 0 Å². The van der Waals surface area contributed by atoms with Gasteiger partial charge in [-0.1, -0.05) is 36.4 Å². The van der Waals surface area contributed by atoms with E-state index in [9.17, 15) is 4.79 Å². The maximum atomic E-state index is 11.9. The van der Waals surface area contributed by atoms with Crippen molar-refractivity contribution in [2.24, 2.45) is 5.73 Å². The molecule has 1 aromatic carbocycles. The van der Waals surface area contributed by atoms with E-state index in [1.807, 2.05) is 30.3 Å². The molecule has 0 amide bonds. The average Bonchev–Trinajstić information content (AvgIpc) is 2.31. The molecule has 0 aliphatic heterocycles. The molecule has 3 heteroatoms. The lowest BCUT2D eigenvalue weighted by Crippen LogP contribution is -2.13. The maximum Gasteiger partial charge on any atom is 0.340 e. The molecule has 0 spiro atoms. The topological polar surface area (TPSA) is 52.3 Å². The van der Waals surface area contributed by atoms with Gasteiger partial charge in [0.15, 0.2) is 0 Å². The molecule has 0 unspecified atom stereocenters. The minimum atomic E-state index is -0.391. The summed E-state index contributed by atoms with van der Waals surface area (Å²) in [6.07, 6.45) is 2.13. The Morgan fingerprint density at radius 1 is 1.41 bits per heavy atom.